The molecule has 1 fully saturated rings. The second-order valence-electron chi connectivity index (χ2n) is 5.42. The number of benzene rings is 1. The van der Waals surface area contributed by atoms with Crippen molar-refractivity contribution in [3.8, 4) is 11.5 Å². The van der Waals surface area contributed by atoms with E-state index in [0.717, 1.165) is 35.3 Å². The molecule has 0 heterocycles. The van der Waals surface area contributed by atoms with Crippen molar-refractivity contribution in [3.63, 3.8) is 0 Å². The van der Waals surface area contributed by atoms with E-state index < -0.39 is 0 Å². The van der Waals surface area contributed by atoms with Crippen LogP contribution in [0, 0.1) is 13.8 Å². The number of hydrogen-bond acceptors (Lipinski definition) is 3. The Labute approximate surface area is 109 Å². The molecule has 1 aromatic rings. The van der Waals surface area contributed by atoms with E-state index in [9.17, 15) is 5.11 Å². The molecule has 18 heavy (non-hydrogen) atoms. The lowest BCUT2D eigenvalue weighted by Gasteiger charge is -2.30. The topological polar surface area (TPSA) is 55.5 Å². The molecule has 0 aromatic heterocycles. The standard InChI is InChI=1S/C15H23NO2/c1-10-11(2)14(17)12(8-13(10)18-3)15(9-16)6-4-5-7-15/h8,17H,4-7,9,16H2,1-3H3. The van der Waals surface area contributed by atoms with E-state index in [1.807, 2.05) is 19.9 Å². The molecule has 2 rings (SSSR count). The molecule has 0 aliphatic heterocycles. The lowest BCUT2D eigenvalue weighted by Crippen LogP contribution is -2.32. The summed E-state index contributed by atoms with van der Waals surface area (Å²) in [4.78, 5) is 0. The minimum atomic E-state index is -0.0597. The van der Waals surface area contributed by atoms with Gasteiger partial charge >= 0.3 is 0 Å². The van der Waals surface area contributed by atoms with E-state index >= 15 is 0 Å². The molecule has 1 aliphatic rings. The number of rotatable bonds is 3. The minimum Gasteiger partial charge on any atom is -0.507 e. The monoisotopic (exact) mass is 249 g/mol. The first-order valence-corrected chi connectivity index (χ1v) is 6.63. The van der Waals surface area contributed by atoms with Gasteiger partial charge in [-0.15, -0.1) is 0 Å². The Morgan fingerprint density at radius 3 is 2.39 bits per heavy atom. The molecule has 0 amide bonds. The molecule has 0 radical (unpaired) electrons. The lowest BCUT2D eigenvalue weighted by molar-refractivity contribution is 0.385. The minimum absolute atomic E-state index is 0.0597. The smallest absolute Gasteiger partial charge is 0.122 e. The van der Waals surface area contributed by atoms with E-state index in [-0.39, 0.29) is 5.41 Å². The predicted molar refractivity (Wildman–Crippen MR) is 73.3 cm³/mol. The quantitative estimate of drug-likeness (QED) is 0.866. The van der Waals surface area contributed by atoms with Crippen molar-refractivity contribution < 1.29 is 9.84 Å². The highest BCUT2D eigenvalue weighted by atomic mass is 16.5. The van der Waals surface area contributed by atoms with Crippen molar-refractivity contribution in [2.24, 2.45) is 5.73 Å². The van der Waals surface area contributed by atoms with Crippen LogP contribution in [0.1, 0.15) is 42.4 Å². The fraction of sp³-hybridized carbons (Fsp3) is 0.600. The zero-order valence-corrected chi connectivity index (χ0v) is 11.5. The average Bonchev–Trinajstić information content (AvgIpc) is 2.86. The first-order chi connectivity index (χ1) is 8.55. The normalized spacial score (nSPS) is 18.0. The Morgan fingerprint density at radius 1 is 1.28 bits per heavy atom. The first-order valence-electron chi connectivity index (χ1n) is 6.63. The van der Waals surface area contributed by atoms with Crippen LogP contribution in [0.5, 0.6) is 11.5 Å². The number of nitrogens with two attached hydrogens (primary N) is 1. The Kier molecular flexibility index (Phi) is 3.53. The van der Waals surface area contributed by atoms with Gasteiger partial charge in [-0.1, -0.05) is 12.8 Å². The predicted octanol–water partition coefficient (Wildman–Crippen LogP) is 2.79. The highest BCUT2D eigenvalue weighted by Crippen LogP contribution is 2.47. The maximum absolute atomic E-state index is 10.4. The van der Waals surface area contributed by atoms with Crippen molar-refractivity contribution in [3.05, 3.63) is 22.8 Å². The molecule has 3 heteroatoms. The van der Waals surface area contributed by atoms with Crippen LogP contribution in [0.4, 0.5) is 0 Å². The molecule has 3 N–H and O–H groups in total. The van der Waals surface area contributed by atoms with Gasteiger partial charge in [-0.05, 0) is 43.9 Å². The van der Waals surface area contributed by atoms with Crippen LogP contribution in [-0.4, -0.2) is 18.8 Å². The number of phenols is 1. The number of methoxy groups -OCH3 is 1. The van der Waals surface area contributed by atoms with Crippen LogP contribution in [0.15, 0.2) is 6.07 Å². The van der Waals surface area contributed by atoms with Crippen molar-refractivity contribution >= 4 is 0 Å². The van der Waals surface area contributed by atoms with Crippen molar-refractivity contribution in [2.75, 3.05) is 13.7 Å². The number of hydrogen-bond donors (Lipinski definition) is 2. The third-order valence-corrected chi connectivity index (χ3v) is 4.56. The third kappa shape index (κ3) is 1.87. The molecule has 0 bridgehead atoms. The largest absolute Gasteiger partial charge is 0.507 e. The summed E-state index contributed by atoms with van der Waals surface area (Å²) in [6.07, 6.45) is 4.49. The van der Waals surface area contributed by atoms with Gasteiger partial charge in [0, 0.05) is 17.5 Å². The maximum Gasteiger partial charge on any atom is 0.122 e. The fourth-order valence-corrected chi connectivity index (χ4v) is 3.12. The van der Waals surface area contributed by atoms with Gasteiger partial charge in [0.15, 0.2) is 0 Å². The summed E-state index contributed by atoms with van der Waals surface area (Å²) in [5, 5.41) is 10.4. The van der Waals surface area contributed by atoms with Crippen LogP contribution in [0.3, 0.4) is 0 Å². The summed E-state index contributed by atoms with van der Waals surface area (Å²) in [5.74, 6) is 1.25. The van der Waals surface area contributed by atoms with Crippen LogP contribution >= 0.6 is 0 Å². The molecule has 3 nitrogen and oxygen atoms in total. The molecule has 0 saturated heterocycles. The number of ether oxygens (including phenoxy) is 1. The highest BCUT2D eigenvalue weighted by Gasteiger charge is 2.37. The van der Waals surface area contributed by atoms with Gasteiger partial charge in [0.25, 0.3) is 0 Å². The summed E-state index contributed by atoms with van der Waals surface area (Å²) < 4.78 is 5.42. The third-order valence-electron chi connectivity index (χ3n) is 4.56. The van der Waals surface area contributed by atoms with Crippen molar-refractivity contribution in [1.82, 2.24) is 0 Å². The zero-order chi connectivity index (χ0) is 13.3. The summed E-state index contributed by atoms with van der Waals surface area (Å²) in [5.41, 5.74) is 8.82. The van der Waals surface area contributed by atoms with E-state index in [0.29, 0.717) is 12.3 Å². The molecule has 1 aliphatic carbocycles. The van der Waals surface area contributed by atoms with Gasteiger partial charge in [0.1, 0.15) is 11.5 Å². The Hall–Kier alpha value is -1.22. The molecular formula is C15H23NO2. The highest BCUT2D eigenvalue weighted by molar-refractivity contribution is 5.55. The molecule has 1 aromatic carbocycles. The van der Waals surface area contributed by atoms with Gasteiger partial charge in [-0.2, -0.15) is 0 Å². The summed E-state index contributed by atoms with van der Waals surface area (Å²) in [6.45, 7) is 4.50. The van der Waals surface area contributed by atoms with Crippen molar-refractivity contribution in [2.45, 2.75) is 44.9 Å². The van der Waals surface area contributed by atoms with Crippen LogP contribution in [-0.2, 0) is 5.41 Å². The second kappa shape index (κ2) is 4.81. The maximum atomic E-state index is 10.4. The van der Waals surface area contributed by atoms with Gasteiger partial charge < -0.3 is 15.6 Å². The van der Waals surface area contributed by atoms with Crippen LogP contribution < -0.4 is 10.5 Å². The fourth-order valence-electron chi connectivity index (χ4n) is 3.12. The Morgan fingerprint density at radius 2 is 1.89 bits per heavy atom. The zero-order valence-electron chi connectivity index (χ0n) is 11.5. The summed E-state index contributed by atoms with van der Waals surface area (Å²) >= 11 is 0. The molecule has 0 atom stereocenters. The van der Waals surface area contributed by atoms with E-state index in [1.54, 1.807) is 7.11 Å². The molecule has 0 spiro atoms. The number of phenolic OH excluding ortho intramolecular Hbond substituents is 1. The molecule has 1 saturated carbocycles. The lowest BCUT2D eigenvalue weighted by atomic mass is 9.77. The van der Waals surface area contributed by atoms with E-state index in [4.69, 9.17) is 10.5 Å². The SMILES string of the molecule is COc1cc(C2(CN)CCCC2)c(O)c(C)c1C. The van der Waals surface area contributed by atoms with Crippen molar-refractivity contribution in [1.29, 1.82) is 0 Å². The van der Waals surface area contributed by atoms with Gasteiger partial charge in [-0.3, -0.25) is 0 Å². The summed E-state index contributed by atoms with van der Waals surface area (Å²) in [6, 6.07) is 1.98. The van der Waals surface area contributed by atoms with E-state index in [1.165, 1.54) is 12.8 Å². The molecule has 100 valence electrons. The van der Waals surface area contributed by atoms with Crippen LogP contribution in [0.2, 0.25) is 0 Å². The van der Waals surface area contributed by atoms with Gasteiger partial charge in [0.2, 0.25) is 0 Å². The molecular weight excluding hydrogens is 226 g/mol. The van der Waals surface area contributed by atoms with Crippen LogP contribution in [0.25, 0.3) is 0 Å². The van der Waals surface area contributed by atoms with E-state index in [2.05, 4.69) is 0 Å². The molecule has 0 unspecified atom stereocenters. The number of aromatic hydroxyl groups is 1. The second-order valence-corrected chi connectivity index (χ2v) is 5.42. The first kappa shape index (κ1) is 13.2. The Bertz CT molecular complexity index is 448. The van der Waals surface area contributed by atoms with Gasteiger partial charge in [-0.25, -0.2) is 0 Å². The average molecular weight is 249 g/mol. The van der Waals surface area contributed by atoms with Gasteiger partial charge in [0.05, 0.1) is 7.11 Å². The Balaban J connectivity index is 2.60. The summed E-state index contributed by atoms with van der Waals surface area (Å²) in [7, 11) is 1.67.